The largest absolute Gasteiger partial charge is 0.495 e. The minimum atomic E-state index is -4.52. The second kappa shape index (κ2) is 8.52. The number of ether oxygens (including phenoxy) is 1. The number of nitro groups is 2. The molecule has 0 aliphatic carbocycles. The van der Waals surface area contributed by atoms with Crippen LogP contribution < -0.4 is 9.04 Å². The molecule has 1 N–H and O–H groups in total. The smallest absolute Gasteiger partial charge is 0.305 e. The molecule has 0 saturated carbocycles. The maximum absolute atomic E-state index is 13.2. The summed E-state index contributed by atoms with van der Waals surface area (Å²) in [4.78, 5) is 31.1. The van der Waals surface area contributed by atoms with Gasteiger partial charge in [0.1, 0.15) is 11.4 Å². The number of hydrogen-bond acceptors (Lipinski definition) is 8. The summed E-state index contributed by atoms with van der Waals surface area (Å²) in [5.41, 5.74) is -1.21. The summed E-state index contributed by atoms with van der Waals surface area (Å²) in [5, 5.41) is 31.1. The van der Waals surface area contributed by atoms with Crippen molar-refractivity contribution in [3.05, 3.63) is 62.7 Å². The summed E-state index contributed by atoms with van der Waals surface area (Å²) in [6.07, 6.45) is -0.625. The molecule has 12 nitrogen and oxygen atoms in total. The van der Waals surface area contributed by atoms with E-state index in [1.54, 1.807) is 0 Å². The van der Waals surface area contributed by atoms with Gasteiger partial charge in [0.25, 0.3) is 21.4 Å². The Hall–Kier alpha value is -3.74. The Morgan fingerprint density at radius 2 is 1.72 bits per heavy atom. The summed E-state index contributed by atoms with van der Waals surface area (Å²) in [6.45, 7) is -0.585. The molecule has 0 amide bonds. The highest BCUT2D eigenvalue weighted by atomic mass is 32.2. The predicted octanol–water partition coefficient (Wildman–Crippen LogP) is 2.18. The highest BCUT2D eigenvalue weighted by molar-refractivity contribution is 7.92. The predicted molar refractivity (Wildman–Crippen MR) is 99.5 cm³/mol. The van der Waals surface area contributed by atoms with Gasteiger partial charge < -0.3 is 9.84 Å². The van der Waals surface area contributed by atoms with E-state index in [2.05, 4.69) is 0 Å². The average molecular weight is 425 g/mol. The van der Waals surface area contributed by atoms with Crippen molar-refractivity contribution in [1.82, 2.24) is 0 Å². The molecule has 154 valence electrons. The molecule has 29 heavy (non-hydrogen) atoms. The number of nitrogens with zero attached hydrogens (tertiary/aromatic N) is 3. The van der Waals surface area contributed by atoms with E-state index in [1.807, 2.05) is 0 Å². The monoisotopic (exact) mass is 425 g/mol. The SMILES string of the molecule is COc1ccc([N+](=O)[O-])cc1N(CCC(=O)O)S(=O)(=O)c1cccc([N+](=O)[O-])c1. The van der Waals surface area contributed by atoms with Gasteiger partial charge in [-0.3, -0.25) is 29.3 Å². The second-order valence-electron chi connectivity index (χ2n) is 5.59. The molecule has 0 atom stereocenters. The number of nitro benzene ring substituents is 2. The number of rotatable bonds is 9. The average Bonchev–Trinajstić information content (AvgIpc) is 2.67. The third-order valence-electron chi connectivity index (χ3n) is 3.79. The zero-order valence-electron chi connectivity index (χ0n) is 14.9. The molecule has 2 rings (SSSR count). The first kappa shape index (κ1) is 21.6. The molecule has 0 aromatic heterocycles. The number of carbonyl (C=O) groups is 1. The Kier molecular flexibility index (Phi) is 6.33. The van der Waals surface area contributed by atoms with Gasteiger partial charge in [-0.2, -0.15) is 0 Å². The number of aliphatic carboxylic acids is 1. The Labute approximate surface area is 164 Å². The number of carboxylic acid groups (broad SMARTS) is 1. The van der Waals surface area contributed by atoms with E-state index >= 15 is 0 Å². The lowest BCUT2D eigenvalue weighted by Crippen LogP contribution is -2.33. The molecule has 2 aromatic carbocycles. The molecule has 13 heteroatoms. The summed E-state index contributed by atoms with van der Waals surface area (Å²) in [5.74, 6) is -1.37. The van der Waals surface area contributed by atoms with Crippen LogP contribution in [0.2, 0.25) is 0 Å². The third-order valence-corrected chi connectivity index (χ3v) is 5.60. The second-order valence-corrected chi connectivity index (χ2v) is 7.45. The van der Waals surface area contributed by atoms with Gasteiger partial charge in [-0.1, -0.05) is 6.07 Å². The molecule has 0 fully saturated rings. The van der Waals surface area contributed by atoms with Crippen LogP contribution in [0.1, 0.15) is 6.42 Å². The molecule has 0 aliphatic rings. The van der Waals surface area contributed by atoms with Gasteiger partial charge in [0.05, 0.1) is 28.3 Å². The lowest BCUT2D eigenvalue weighted by atomic mass is 10.2. The van der Waals surface area contributed by atoms with Crippen LogP contribution in [0.15, 0.2) is 47.4 Å². The minimum Gasteiger partial charge on any atom is -0.495 e. The van der Waals surface area contributed by atoms with E-state index in [9.17, 15) is 33.4 Å². The molecule has 0 radical (unpaired) electrons. The summed E-state index contributed by atoms with van der Waals surface area (Å²) >= 11 is 0. The number of sulfonamides is 1. The van der Waals surface area contributed by atoms with Crippen LogP contribution in [0.4, 0.5) is 17.1 Å². The summed E-state index contributed by atoms with van der Waals surface area (Å²) < 4.78 is 32.0. The molecule has 0 bridgehead atoms. The van der Waals surface area contributed by atoms with Crippen LogP contribution >= 0.6 is 0 Å². The Balaban J connectivity index is 2.69. The van der Waals surface area contributed by atoms with Gasteiger partial charge in [0.2, 0.25) is 0 Å². The molecule has 0 heterocycles. The van der Waals surface area contributed by atoms with E-state index in [0.29, 0.717) is 4.31 Å². The van der Waals surface area contributed by atoms with Crippen molar-refractivity contribution in [2.24, 2.45) is 0 Å². The maximum atomic E-state index is 13.2. The zero-order valence-corrected chi connectivity index (χ0v) is 15.7. The molecule has 0 saturated heterocycles. The fourth-order valence-electron chi connectivity index (χ4n) is 2.44. The highest BCUT2D eigenvalue weighted by Gasteiger charge is 2.30. The lowest BCUT2D eigenvalue weighted by molar-refractivity contribution is -0.385. The fraction of sp³-hybridized carbons (Fsp3) is 0.188. The van der Waals surface area contributed by atoms with Crippen LogP contribution in [-0.4, -0.2) is 43.0 Å². The van der Waals surface area contributed by atoms with Crippen molar-refractivity contribution in [2.75, 3.05) is 18.0 Å². The Morgan fingerprint density at radius 1 is 1.10 bits per heavy atom. The standard InChI is InChI=1S/C16H15N3O9S/c1-28-15-6-5-12(19(24)25)10-14(15)17(8-7-16(20)21)29(26,27)13-4-2-3-11(9-13)18(22)23/h2-6,9-10H,7-8H2,1H3,(H,20,21). The van der Waals surface area contributed by atoms with Crippen molar-refractivity contribution in [3.8, 4) is 5.75 Å². The summed E-state index contributed by atoms with van der Waals surface area (Å²) in [6, 6.07) is 7.35. The molecule has 2 aromatic rings. The quantitative estimate of drug-likeness (QED) is 0.467. The molecule has 0 spiro atoms. The van der Waals surface area contributed by atoms with E-state index in [4.69, 9.17) is 9.84 Å². The van der Waals surface area contributed by atoms with Gasteiger partial charge in [0, 0.05) is 30.8 Å². The van der Waals surface area contributed by atoms with Crippen molar-refractivity contribution in [3.63, 3.8) is 0 Å². The van der Waals surface area contributed by atoms with Gasteiger partial charge in [-0.15, -0.1) is 0 Å². The lowest BCUT2D eigenvalue weighted by Gasteiger charge is -2.25. The fourth-order valence-corrected chi connectivity index (χ4v) is 3.95. The number of methoxy groups -OCH3 is 1. The van der Waals surface area contributed by atoms with Gasteiger partial charge in [0.15, 0.2) is 0 Å². The van der Waals surface area contributed by atoms with E-state index in [0.717, 1.165) is 36.4 Å². The number of carboxylic acids is 1. The maximum Gasteiger partial charge on any atom is 0.305 e. The highest BCUT2D eigenvalue weighted by Crippen LogP contribution is 2.36. The van der Waals surface area contributed by atoms with E-state index in [-0.39, 0.29) is 11.4 Å². The van der Waals surface area contributed by atoms with Gasteiger partial charge in [-0.05, 0) is 12.1 Å². The number of hydrogen-bond donors (Lipinski definition) is 1. The van der Waals surface area contributed by atoms with Crippen molar-refractivity contribution >= 4 is 33.1 Å². The van der Waals surface area contributed by atoms with Crippen molar-refractivity contribution in [2.45, 2.75) is 11.3 Å². The normalized spacial score (nSPS) is 10.9. The number of non-ortho nitro benzene ring substituents is 2. The minimum absolute atomic E-state index is 0.0602. The topological polar surface area (TPSA) is 170 Å². The van der Waals surface area contributed by atoms with E-state index in [1.165, 1.54) is 13.2 Å². The number of anilines is 1. The van der Waals surface area contributed by atoms with Crippen LogP contribution in [0.3, 0.4) is 0 Å². The molecule has 0 unspecified atom stereocenters. The van der Waals surface area contributed by atoms with Crippen LogP contribution in [-0.2, 0) is 14.8 Å². The Bertz CT molecular complexity index is 1070. The summed E-state index contributed by atoms with van der Waals surface area (Å²) in [7, 11) is -3.31. The van der Waals surface area contributed by atoms with Crippen LogP contribution in [0.25, 0.3) is 0 Å². The van der Waals surface area contributed by atoms with Gasteiger partial charge in [-0.25, -0.2) is 8.42 Å². The zero-order chi connectivity index (χ0) is 21.8. The van der Waals surface area contributed by atoms with Crippen LogP contribution in [0, 0.1) is 20.2 Å². The number of benzene rings is 2. The van der Waals surface area contributed by atoms with E-state index < -0.39 is 55.1 Å². The molecule has 0 aliphatic heterocycles. The van der Waals surface area contributed by atoms with Crippen molar-refractivity contribution in [1.29, 1.82) is 0 Å². The first-order valence-corrected chi connectivity index (χ1v) is 9.33. The first-order chi connectivity index (χ1) is 13.6. The third kappa shape index (κ3) is 4.76. The van der Waals surface area contributed by atoms with Crippen LogP contribution in [0.5, 0.6) is 5.75 Å². The Morgan fingerprint density at radius 3 is 2.28 bits per heavy atom. The first-order valence-electron chi connectivity index (χ1n) is 7.89. The molecular weight excluding hydrogens is 410 g/mol. The van der Waals surface area contributed by atoms with Gasteiger partial charge >= 0.3 is 5.97 Å². The molecular formula is C16H15N3O9S. The van der Waals surface area contributed by atoms with Crippen molar-refractivity contribution < 1.29 is 32.9 Å².